The summed E-state index contributed by atoms with van der Waals surface area (Å²) in [6.45, 7) is 13.3. The van der Waals surface area contributed by atoms with Gasteiger partial charge in [-0.05, 0) is 94.0 Å². The number of phenolic OH excluding ortho intramolecular Hbond substituents is 1. The van der Waals surface area contributed by atoms with Crippen molar-refractivity contribution in [2.24, 2.45) is 5.41 Å². The molecule has 5 heterocycles. The van der Waals surface area contributed by atoms with E-state index in [4.69, 9.17) is 19.2 Å². The molecule has 0 saturated carbocycles. The third-order valence-corrected chi connectivity index (χ3v) is 10.7. The first kappa shape index (κ1) is 35.7. The van der Waals surface area contributed by atoms with Crippen LogP contribution in [0.2, 0.25) is 0 Å². The van der Waals surface area contributed by atoms with E-state index in [-0.39, 0.29) is 59.3 Å². The van der Waals surface area contributed by atoms with E-state index < -0.39 is 17.2 Å². The van der Waals surface area contributed by atoms with Crippen molar-refractivity contribution in [1.82, 2.24) is 19.9 Å². The van der Waals surface area contributed by atoms with Crippen LogP contribution in [0, 0.1) is 17.0 Å². The number of fused-ring (bicyclic) bond motifs is 2. The Morgan fingerprint density at radius 3 is 2.61 bits per heavy atom. The number of nitrogens with zero attached hydrogens (tertiary/aromatic N) is 5. The third kappa shape index (κ3) is 7.33. The van der Waals surface area contributed by atoms with Gasteiger partial charge in [-0.2, -0.15) is 9.97 Å². The van der Waals surface area contributed by atoms with Gasteiger partial charge in [-0.15, -0.1) is 0 Å². The van der Waals surface area contributed by atoms with E-state index in [2.05, 4.69) is 35.6 Å². The number of benzene rings is 2. The van der Waals surface area contributed by atoms with Gasteiger partial charge in [0.25, 0.3) is 0 Å². The molecule has 7 rings (SSSR count). The highest BCUT2D eigenvalue weighted by molar-refractivity contribution is 6.01. The van der Waals surface area contributed by atoms with Gasteiger partial charge in [-0.1, -0.05) is 19.9 Å². The molecule has 274 valence electrons. The van der Waals surface area contributed by atoms with Crippen LogP contribution in [-0.4, -0.2) is 99.9 Å². The quantitative estimate of drug-likeness (QED) is 0.224. The van der Waals surface area contributed by atoms with Crippen LogP contribution in [0.25, 0.3) is 32.9 Å². The first-order valence-electron chi connectivity index (χ1n) is 18.2. The summed E-state index contributed by atoms with van der Waals surface area (Å²) >= 11 is 0. The lowest BCUT2D eigenvalue weighted by molar-refractivity contribution is -0.0795. The Morgan fingerprint density at radius 2 is 1.84 bits per heavy atom. The third-order valence-electron chi connectivity index (χ3n) is 10.7. The summed E-state index contributed by atoms with van der Waals surface area (Å²) in [5, 5.41) is 23.1. The zero-order valence-electron chi connectivity index (χ0n) is 30.2. The number of ether oxygens (including phenoxy) is 3. The van der Waals surface area contributed by atoms with Crippen molar-refractivity contribution >= 4 is 27.5 Å². The molecule has 4 atom stereocenters. The number of rotatable bonds is 7. The van der Waals surface area contributed by atoms with Crippen molar-refractivity contribution in [1.29, 1.82) is 0 Å². The van der Waals surface area contributed by atoms with Gasteiger partial charge in [0.1, 0.15) is 34.2 Å². The maximum Gasteiger partial charge on any atom is 0.319 e. The number of anilines is 1. The Hall–Kier alpha value is -3.71. The van der Waals surface area contributed by atoms with E-state index >= 15 is 8.78 Å². The Morgan fingerprint density at radius 1 is 1.06 bits per heavy atom. The molecule has 2 aromatic carbocycles. The molecule has 4 unspecified atom stereocenters. The molecule has 0 radical (unpaired) electrons. The van der Waals surface area contributed by atoms with E-state index in [1.54, 1.807) is 13.0 Å². The summed E-state index contributed by atoms with van der Waals surface area (Å²) in [6.07, 6.45) is 6.30. The molecule has 0 bridgehead atoms. The molecule has 51 heavy (non-hydrogen) atoms. The van der Waals surface area contributed by atoms with Gasteiger partial charge < -0.3 is 29.3 Å². The number of pyridine rings is 1. The number of likely N-dealkylation sites (tertiary alicyclic amines) is 1. The van der Waals surface area contributed by atoms with Gasteiger partial charge in [0, 0.05) is 36.3 Å². The predicted molar refractivity (Wildman–Crippen MR) is 192 cm³/mol. The average molecular weight is 706 g/mol. The van der Waals surface area contributed by atoms with Gasteiger partial charge in [0.15, 0.2) is 5.82 Å². The molecule has 3 aliphatic rings. The number of halogens is 2. The average Bonchev–Trinajstić information content (AvgIpc) is 3.27. The van der Waals surface area contributed by atoms with Crippen LogP contribution in [0.3, 0.4) is 0 Å². The minimum atomic E-state index is -1.18. The summed E-state index contributed by atoms with van der Waals surface area (Å²) in [7, 11) is 0. The number of hydrogen-bond donors (Lipinski definition) is 2. The number of phenols is 1. The summed E-state index contributed by atoms with van der Waals surface area (Å²) in [5.74, 6) is -0.870. The van der Waals surface area contributed by atoms with Crippen molar-refractivity contribution in [2.45, 2.75) is 90.6 Å². The zero-order valence-corrected chi connectivity index (χ0v) is 30.2. The number of aryl methyl sites for hydroxylation is 1. The molecule has 0 aliphatic carbocycles. The number of aromatic hydroxyl groups is 1. The molecular formula is C39H49F2N5O5. The van der Waals surface area contributed by atoms with Crippen molar-refractivity contribution < 1.29 is 33.2 Å². The lowest BCUT2D eigenvalue weighted by atomic mass is 9.81. The highest BCUT2D eigenvalue weighted by Crippen LogP contribution is 2.40. The van der Waals surface area contributed by atoms with E-state index in [0.29, 0.717) is 59.8 Å². The smallest absolute Gasteiger partial charge is 0.319 e. The normalized spacial score (nSPS) is 27.9. The monoisotopic (exact) mass is 705 g/mol. The molecular weight excluding hydrogens is 656 g/mol. The van der Waals surface area contributed by atoms with Crippen LogP contribution < -0.4 is 9.64 Å². The fourth-order valence-corrected chi connectivity index (χ4v) is 8.42. The van der Waals surface area contributed by atoms with Gasteiger partial charge in [-0.3, -0.25) is 9.88 Å². The van der Waals surface area contributed by atoms with E-state index in [1.807, 2.05) is 11.8 Å². The van der Waals surface area contributed by atoms with Crippen LogP contribution in [0.4, 0.5) is 14.6 Å². The maximum atomic E-state index is 17.0. The van der Waals surface area contributed by atoms with Gasteiger partial charge >= 0.3 is 6.01 Å². The molecule has 3 saturated heterocycles. The second-order valence-corrected chi connectivity index (χ2v) is 15.5. The number of aliphatic hydroxyl groups is 1. The Kier molecular flexibility index (Phi) is 9.81. The zero-order chi connectivity index (χ0) is 36.1. The van der Waals surface area contributed by atoms with Crippen LogP contribution in [0.5, 0.6) is 11.8 Å². The molecule has 12 heteroatoms. The predicted octanol–water partition coefficient (Wildman–Crippen LogP) is 6.42. The van der Waals surface area contributed by atoms with Gasteiger partial charge in [0.2, 0.25) is 0 Å². The topological polar surface area (TPSA) is 113 Å². The fourth-order valence-electron chi connectivity index (χ4n) is 8.42. The maximum absolute atomic E-state index is 17.0. The molecule has 4 aromatic rings. The summed E-state index contributed by atoms with van der Waals surface area (Å²) in [5.41, 5.74) is -0.787. The van der Waals surface area contributed by atoms with Crippen molar-refractivity contribution in [3.05, 3.63) is 47.7 Å². The van der Waals surface area contributed by atoms with Crippen molar-refractivity contribution in [3.63, 3.8) is 0 Å². The molecule has 3 fully saturated rings. The van der Waals surface area contributed by atoms with Crippen LogP contribution in [0.15, 0.2) is 30.5 Å². The van der Waals surface area contributed by atoms with Crippen molar-refractivity contribution in [3.8, 4) is 23.0 Å². The Labute approximate surface area is 297 Å². The highest BCUT2D eigenvalue weighted by atomic mass is 19.1. The van der Waals surface area contributed by atoms with Crippen LogP contribution >= 0.6 is 0 Å². The molecule has 10 nitrogen and oxygen atoms in total. The second-order valence-electron chi connectivity index (χ2n) is 15.5. The van der Waals surface area contributed by atoms with Crippen LogP contribution in [-0.2, 0) is 15.9 Å². The van der Waals surface area contributed by atoms with E-state index in [0.717, 1.165) is 38.8 Å². The molecule has 2 N–H and O–H groups in total. The van der Waals surface area contributed by atoms with Gasteiger partial charge in [-0.25, -0.2) is 8.78 Å². The Bertz CT molecular complexity index is 1920. The molecule has 2 aromatic heterocycles. The van der Waals surface area contributed by atoms with E-state index in [9.17, 15) is 10.2 Å². The standard InChI is InChI=1S/C39H49F2N5O5/c1-6-28-31(40)9-8-25-16-27(47)17-29(32(25)28)34-33(41)35-30(18-42-34)36(46-12-13-49-22-39(5,48)20-46)44-37(43-35)50-21-38(4)10-7-11-45(19-38)26-14-23(2)51-24(3)15-26/h8-9,16-18,23-24,26,47-48H,6-7,10-15,19-22H2,1-5H3. The largest absolute Gasteiger partial charge is 0.508 e. The first-order chi connectivity index (χ1) is 24.3. The highest BCUT2D eigenvalue weighted by Gasteiger charge is 2.38. The lowest BCUT2D eigenvalue weighted by Crippen LogP contribution is -2.52. The summed E-state index contributed by atoms with van der Waals surface area (Å²) in [6, 6.07) is 6.34. The second kappa shape index (κ2) is 14.0. The minimum absolute atomic E-state index is 0.0173. The number of aromatic nitrogens is 3. The van der Waals surface area contributed by atoms with Gasteiger partial charge in [0.05, 0.1) is 44.0 Å². The first-order valence-corrected chi connectivity index (χ1v) is 18.2. The molecule has 3 aliphatic heterocycles. The fraction of sp³-hybridized carbons (Fsp3) is 0.564. The van der Waals surface area contributed by atoms with Crippen molar-refractivity contribution in [2.75, 3.05) is 50.9 Å². The minimum Gasteiger partial charge on any atom is -0.508 e. The molecule has 0 amide bonds. The number of piperidine rings is 1. The lowest BCUT2D eigenvalue weighted by Gasteiger charge is -2.46. The summed E-state index contributed by atoms with van der Waals surface area (Å²) in [4.78, 5) is 18.4. The van der Waals surface area contributed by atoms with Crippen LogP contribution in [0.1, 0.15) is 65.9 Å². The van der Waals surface area contributed by atoms with E-state index in [1.165, 1.54) is 24.4 Å². The number of β-amino-alcohol motifs (C(OH)–C–C–N with tert-alkyl or cyclic N) is 1. The number of hydrogen-bond acceptors (Lipinski definition) is 10. The SMILES string of the molecule is CCc1c(F)ccc2cc(O)cc(-c3ncc4c(N5CCOCC(C)(O)C5)nc(OCC5(C)CCCN(C6CC(C)OC(C)C6)C5)nc4c3F)c12. The Balaban J connectivity index is 1.29. The molecule has 0 spiro atoms. The summed E-state index contributed by atoms with van der Waals surface area (Å²) < 4.78 is 50.2.